The van der Waals surface area contributed by atoms with Crippen LogP contribution in [0.15, 0.2) is 30.3 Å². The zero-order valence-electron chi connectivity index (χ0n) is 12.2. The summed E-state index contributed by atoms with van der Waals surface area (Å²) in [6.07, 6.45) is 1.97. The molecule has 4 heteroatoms. The van der Waals surface area contributed by atoms with E-state index in [4.69, 9.17) is 9.47 Å². The van der Waals surface area contributed by atoms with Gasteiger partial charge in [0, 0.05) is 6.54 Å². The monoisotopic (exact) mass is 277 g/mol. The van der Waals surface area contributed by atoms with Gasteiger partial charge in [0.25, 0.3) is 0 Å². The van der Waals surface area contributed by atoms with Gasteiger partial charge < -0.3 is 14.4 Å². The van der Waals surface area contributed by atoms with Gasteiger partial charge in [0.1, 0.15) is 6.61 Å². The SMILES string of the molecule is CC(C)OCC1CCCN1C(=O)OCc1ccccc1. The van der Waals surface area contributed by atoms with Crippen LogP contribution in [0.5, 0.6) is 0 Å². The van der Waals surface area contributed by atoms with Crippen molar-refractivity contribution < 1.29 is 14.3 Å². The van der Waals surface area contributed by atoms with E-state index < -0.39 is 0 Å². The van der Waals surface area contributed by atoms with Crippen molar-refractivity contribution in [2.75, 3.05) is 13.2 Å². The summed E-state index contributed by atoms with van der Waals surface area (Å²) in [6.45, 7) is 5.70. The van der Waals surface area contributed by atoms with E-state index in [2.05, 4.69) is 0 Å². The lowest BCUT2D eigenvalue weighted by Gasteiger charge is -2.24. The molecule has 1 aliphatic rings. The lowest BCUT2D eigenvalue weighted by atomic mass is 10.2. The maximum absolute atomic E-state index is 12.1. The maximum Gasteiger partial charge on any atom is 0.410 e. The minimum atomic E-state index is -0.233. The molecule has 110 valence electrons. The largest absolute Gasteiger partial charge is 0.445 e. The first-order valence-corrected chi connectivity index (χ1v) is 7.25. The number of ether oxygens (including phenoxy) is 2. The second-order valence-electron chi connectivity index (χ2n) is 5.41. The molecular formula is C16H23NO3. The molecule has 1 atom stereocenters. The normalized spacial score (nSPS) is 18.6. The zero-order valence-corrected chi connectivity index (χ0v) is 12.2. The molecule has 0 aromatic heterocycles. The van der Waals surface area contributed by atoms with Crippen LogP contribution in [-0.2, 0) is 16.1 Å². The number of hydrogen-bond acceptors (Lipinski definition) is 3. The van der Waals surface area contributed by atoms with Crippen molar-refractivity contribution >= 4 is 6.09 Å². The minimum Gasteiger partial charge on any atom is -0.445 e. The van der Waals surface area contributed by atoms with Crippen molar-refractivity contribution in [1.29, 1.82) is 0 Å². The Hall–Kier alpha value is -1.55. The van der Waals surface area contributed by atoms with Crippen molar-refractivity contribution in [1.82, 2.24) is 4.90 Å². The summed E-state index contributed by atoms with van der Waals surface area (Å²) in [6, 6.07) is 9.90. The zero-order chi connectivity index (χ0) is 14.4. The molecule has 4 nitrogen and oxygen atoms in total. The Kier molecular flexibility index (Phi) is 5.41. The van der Waals surface area contributed by atoms with Crippen molar-refractivity contribution in [3.63, 3.8) is 0 Å². The fraction of sp³-hybridized carbons (Fsp3) is 0.562. The summed E-state index contributed by atoms with van der Waals surface area (Å²) in [5.74, 6) is 0. The molecule has 20 heavy (non-hydrogen) atoms. The Labute approximate surface area is 120 Å². The second-order valence-corrected chi connectivity index (χ2v) is 5.41. The molecule has 0 spiro atoms. The highest BCUT2D eigenvalue weighted by molar-refractivity contribution is 5.68. The van der Waals surface area contributed by atoms with Crippen molar-refractivity contribution in [2.45, 2.75) is 45.4 Å². The van der Waals surface area contributed by atoms with Crippen molar-refractivity contribution in [3.8, 4) is 0 Å². The Morgan fingerprint density at radius 1 is 1.35 bits per heavy atom. The first kappa shape index (κ1) is 14.9. The van der Waals surface area contributed by atoms with Gasteiger partial charge in [-0.15, -0.1) is 0 Å². The van der Waals surface area contributed by atoms with Gasteiger partial charge in [-0.1, -0.05) is 30.3 Å². The number of carbonyl (C=O) groups excluding carboxylic acids is 1. The molecule has 0 saturated carbocycles. The Morgan fingerprint density at radius 3 is 2.80 bits per heavy atom. The third-order valence-corrected chi connectivity index (χ3v) is 3.44. The molecule has 0 bridgehead atoms. The third-order valence-electron chi connectivity index (χ3n) is 3.44. The second kappa shape index (κ2) is 7.29. The van der Waals surface area contributed by atoms with Crippen LogP contribution in [0.3, 0.4) is 0 Å². The summed E-state index contributed by atoms with van der Waals surface area (Å²) < 4.78 is 11.0. The van der Waals surface area contributed by atoms with Gasteiger partial charge in [0.05, 0.1) is 18.8 Å². The smallest absolute Gasteiger partial charge is 0.410 e. The molecule has 0 aliphatic carbocycles. The number of likely N-dealkylation sites (tertiary alicyclic amines) is 1. The summed E-state index contributed by atoms with van der Waals surface area (Å²) in [5.41, 5.74) is 1.01. The number of rotatable bonds is 5. The van der Waals surface area contributed by atoms with Crippen LogP contribution in [0, 0.1) is 0 Å². The molecule has 1 saturated heterocycles. The van der Waals surface area contributed by atoms with Crippen LogP contribution in [0.1, 0.15) is 32.3 Å². The molecule has 0 N–H and O–H groups in total. The van der Waals surface area contributed by atoms with E-state index in [1.807, 2.05) is 44.2 Å². The highest BCUT2D eigenvalue weighted by atomic mass is 16.6. The molecule has 1 fully saturated rings. The summed E-state index contributed by atoms with van der Waals surface area (Å²) in [4.78, 5) is 13.9. The molecule has 1 unspecified atom stereocenters. The molecular weight excluding hydrogens is 254 g/mol. The average molecular weight is 277 g/mol. The Morgan fingerprint density at radius 2 is 2.10 bits per heavy atom. The number of nitrogens with zero attached hydrogens (tertiary/aromatic N) is 1. The minimum absolute atomic E-state index is 0.153. The molecule has 1 amide bonds. The Balaban J connectivity index is 1.81. The number of carbonyl (C=O) groups is 1. The predicted octanol–water partition coefficient (Wildman–Crippen LogP) is 3.21. The van der Waals surface area contributed by atoms with Crippen molar-refractivity contribution in [3.05, 3.63) is 35.9 Å². The molecule has 2 rings (SSSR count). The summed E-state index contributed by atoms with van der Waals surface area (Å²) in [5, 5.41) is 0. The first-order chi connectivity index (χ1) is 9.66. The molecule has 1 heterocycles. The fourth-order valence-electron chi connectivity index (χ4n) is 2.36. The van der Waals surface area contributed by atoms with Crippen LogP contribution < -0.4 is 0 Å². The van der Waals surface area contributed by atoms with E-state index in [-0.39, 0.29) is 18.2 Å². The van der Waals surface area contributed by atoms with Gasteiger partial charge in [-0.2, -0.15) is 0 Å². The highest BCUT2D eigenvalue weighted by Crippen LogP contribution is 2.19. The van der Waals surface area contributed by atoms with Gasteiger partial charge in [-0.3, -0.25) is 0 Å². The van der Waals surface area contributed by atoms with Gasteiger partial charge >= 0.3 is 6.09 Å². The van der Waals surface area contributed by atoms with E-state index >= 15 is 0 Å². The van der Waals surface area contributed by atoms with Gasteiger partial charge in [0.15, 0.2) is 0 Å². The topological polar surface area (TPSA) is 38.8 Å². The lowest BCUT2D eigenvalue weighted by molar-refractivity contribution is 0.0295. The van der Waals surface area contributed by atoms with E-state index in [9.17, 15) is 4.79 Å². The molecule has 1 aromatic rings. The van der Waals surface area contributed by atoms with E-state index in [1.165, 1.54) is 0 Å². The van der Waals surface area contributed by atoms with E-state index in [0.29, 0.717) is 13.2 Å². The van der Waals surface area contributed by atoms with E-state index in [0.717, 1.165) is 24.9 Å². The van der Waals surface area contributed by atoms with Gasteiger partial charge in [-0.25, -0.2) is 4.79 Å². The molecule has 1 aromatic carbocycles. The molecule has 1 aliphatic heterocycles. The predicted molar refractivity (Wildman–Crippen MR) is 77.4 cm³/mol. The van der Waals surface area contributed by atoms with Crippen LogP contribution in [0.2, 0.25) is 0 Å². The fourth-order valence-corrected chi connectivity index (χ4v) is 2.36. The summed E-state index contributed by atoms with van der Waals surface area (Å²) in [7, 11) is 0. The number of benzene rings is 1. The van der Waals surface area contributed by atoms with Crippen LogP contribution >= 0.6 is 0 Å². The lowest BCUT2D eigenvalue weighted by Crippen LogP contribution is -2.39. The summed E-state index contributed by atoms with van der Waals surface area (Å²) >= 11 is 0. The standard InChI is InChI=1S/C16H23NO3/c1-13(2)19-12-15-9-6-10-17(15)16(18)20-11-14-7-4-3-5-8-14/h3-5,7-8,13,15H,6,9-12H2,1-2H3. The third kappa shape index (κ3) is 4.23. The van der Waals surface area contributed by atoms with Crippen LogP contribution in [0.25, 0.3) is 0 Å². The number of hydrogen-bond donors (Lipinski definition) is 0. The highest BCUT2D eigenvalue weighted by Gasteiger charge is 2.30. The number of amides is 1. The maximum atomic E-state index is 12.1. The van der Waals surface area contributed by atoms with Crippen molar-refractivity contribution in [2.24, 2.45) is 0 Å². The Bertz CT molecular complexity index is 419. The molecule has 0 radical (unpaired) electrons. The van der Waals surface area contributed by atoms with Gasteiger partial charge in [0.2, 0.25) is 0 Å². The average Bonchev–Trinajstić information content (AvgIpc) is 2.92. The first-order valence-electron chi connectivity index (χ1n) is 7.25. The van der Waals surface area contributed by atoms with E-state index in [1.54, 1.807) is 4.90 Å². The van der Waals surface area contributed by atoms with Crippen LogP contribution in [0.4, 0.5) is 4.79 Å². The van der Waals surface area contributed by atoms with Crippen LogP contribution in [-0.4, -0.2) is 36.3 Å². The van der Waals surface area contributed by atoms with Gasteiger partial charge in [-0.05, 0) is 32.3 Å². The quantitative estimate of drug-likeness (QED) is 0.829.